The second-order valence-corrected chi connectivity index (χ2v) is 4.00. The zero-order valence-electron chi connectivity index (χ0n) is 13.6. The van der Waals surface area contributed by atoms with Gasteiger partial charge in [0.15, 0.2) is 0 Å². The summed E-state index contributed by atoms with van der Waals surface area (Å²) in [6.07, 6.45) is 0. The van der Waals surface area contributed by atoms with Crippen molar-refractivity contribution in [1.29, 1.82) is 0 Å². The molecule has 0 fully saturated rings. The first kappa shape index (κ1) is 31.6. The molecule has 0 aliphatic heterocycles. The van der Waals surface area contributed by atoms with Crippen LogP contribution in [0, 0.1) is 0 Å². The van der Waals surface area contributed by atoms with Crippen molar-refractivity contribution in [3.63, 3.8) is 0 Å². The molecule has 10 nitrogen and oxygen atoms in total. The molecule has 0 spiro atoms. The number of rotatable bonds is 11. The van der Waals surface area contributed by atoms with Crippen molar-refractivity contribution < 1.29 is 39.6 Å². The molecular weight excluding hydrogens is 345 g/mol. The Morgan fingerprint density at radius 1 is 0.522 bits per heavy atom. The van der Waals surface area contributed by atoms with Gasteiger partial charge in [0.2, 0.25) is 0 Å². The quantitative estimate of drug-likeness (QED) is 0.276. The molecule has 13 heteroatoms. The molecule has 0 aromatic heterocycles. The summed E-state index contributed by atoms with van der Waals surface area (Å²) < 4.78 is 0. The number of carboxylic acids is 4. The Bertz CT molecular complexity index is 328. The van der Waals surface area contributed by atoms with Crippen LogP contribution in [0.2, 0.25) is 0 Å². The van der Waals surface area contributed by atoms with Crippen molar-refractivity contribution in [3.05, 3.63) is 0 Å². The van der Waals surface area contributed by atoms with Gasteiger partial charge in [0.1, 0.15) is 0 Å². The van der Waals surface area contributed by atoms with Gasteiger partial charge in [-0.2, -0.15) is 0 Å². The van der Waals surface area contributed by atoms with Gasteiger partial charge in [-0.05, 0) is 0 Å². The van der Waals surface area contributed by atoms with Crippen LogP contribution in [0.25, 0.3) is 0 Å². The van der Waals surface area contributed by atoms with Crippen LogP contribution in [0.3, 0.4) is 0 Å². The Hall–Kier alpha value is 0.800. The summed E-state index contributed by atoms with van der Waals surface area (Å²) in [5.74, 6) is -4.91. The summed E-state index contributed by atoms with van der Waals surface area (Å²) in [5, 5.41) is 34.5. The predicted molar refractivity (Wildman–Crippen MR) is 80.7 cm³/mol. The van der Waals surface area contributed by atoms with Crippen molar-refractivity contribution >= 4 is 113 Å². The fourth-order valence-electron chi connectivity index (χ4n) is 1.48. The second-order valence-electron chi connectivity index (χ2n) is 4.00. The van der Waals surface area contributed by atoms with Gasteiger partial charge in [0.05, 0.1) is 26.2 Å². The van der Waals surface area contributed by atoms with Gasteiger partial charge in [-0.15, -0.1) is 0 Å². The van der Waals surface area contributed by atoms with Crippen LogP contribution in [-0.2, 0) is 19.2 Å². The van der Waals surface area contributed by atoms with E-state index in [1.165, 1.54) is 0 Å². The maximum Gasteiger partial charge on any atom is 0.317 e. The van der Waals surface area contributed by atoms with Crippen molar-refractivity contribution in [2.24, 2.45) is 0 Å². The molecule has 0 saturated heterocycles. The molecule has 0 bridgehead atoms. The van der Waals surface area contributed by atoms with Crippen LogP contribution < -0.4 is 0 Å². The van der Waals surface area contributed by atoms with E-state index < -0.39 is 50.1 Å². The topological polar surface area (TPSA) is 156 Å². The molecule has 23 heavy (non-hydrogen) atoms. The van der Waals surface area contributed by atoms with Crippen LogP contribution in [0.4, 0.5) is 0 Å². The molecule has 0 unspecified atom stereocenters. The summed E-state index contributed by atoms with van der Waals surface area (Å²) in [5.41, 5.74) is 0. The molecule has 0 atom stereocenters. The number of aliphatic carboxylic acids is 4. The number of hydrogen-bond donors (Lipinski definition) is 4. The molecule has 0 saturated carbocycles. The Labute approximate surface area is 199 Å². The molecule has 4 N–H and O–H groups in total. The average Bonchev–Trinajstić information content (AvgIpc) is 2.22. The summed E-state index contributed by atoms with van der Waals surface area (Å²) >= 11 is 0. The van der Waals surface area contributed by atoms with Crippen molar-refractivity contribution in [2.75, 3.05) is 39.3 Å². The predicted octanol–water partition coefficient (Wildman–Crippen LogP) is -3.21. The van der Waals surface area contributed by atoms with E-state index in [-0.39, 0.29) is 102 Å². The monoisotopic (exact) mass is 361 g/mol. The fraction of sp³-hybridized carbons (Fsp3) is 0.600. The van der Waals surface area contributed by atoms with Crippen molar-refractivity contribution in [2.45, 2.75) is 0 Å². The van der Waals surface area contributed by atoms with E-state index in [0.717, 1.165) is 9.80 Å². The minimum absolute atomic E-state index is 0. The number of carboxylic acid groups (broad SMARTS) is 4. The van der Waals surface area contributed by atoms with Crippen molar-refractivity contribution in [3.8, 4) is 0 Å². The Morgan fingerprint density at radius 2 is 0.696 bits per heavy atom. The fourth-order valence-corrected chi connectivity index (χ4v) is 1.48. The largest absolute Gasteiger partial charge is 0.480 e. The normalized spacial score (nSPS) is 9.30. The van der Waals surface area contributed by atoms with Crippen LogP contribution in [0.15, 0.2) is 0 Å². The van der Waals surface area contributed by atoms with E-state index in [9.17, 15) is 19.2 Å². The summed E-state index contributed by atoms with van der Waals surface area (Å²) in [6.45, 7) is -2.25. The summed E-state index contributed by atoms with van der Waals surface area (Å²) in [4.78, 5) is 44.4. The van der Waals surface area contributed by atoms with Gasteiger partial charge in [0, 0.05) is 102 Å². The maximum absolute atomic E-state index is 10.6. The van der Waals surface area contributed by atoms with Crippen LogP contribution in [0.1, 0.15) is 0 Å². The molecule has 0 amide bonds. The van der Waals surface area contributed by atoms with Gasteiger partial charge in [-0.3, -0.25) is 29.0 Å². The van der Waals surface area contributed by atoms with E-state index >= 15 is 0 Å². The Kier molecular flexibility index (Phi) is 24.2. The molecule has 3 radical (unpaired) electrons. The number of hydrogen-bond acceptors (Lipinski definition) is 6. The number of nitrogens with zero attached hydrogens (tertiary/aromatic N) is 2. The molecule has 0 aliphatic rings. The zero-order chi connectivity index (χ0) is 15.7. The van der Waals surface area contributed by atoms with E-state index in [1.807, 2.05) is 0 Å². The summed E-state index contributed by atoms with van der Waals surface area (Å²) in [6, 6.07) is 0. The van der Waals surface area contributed by atoms with Crippen LogP contribution >= 0.6 is 0 Å². The minimum Gasteiger partial charge on any atom is -0.480 e. The standard InChI is InChI=1S/C10H16N2O8.3Na/c13-7(14)3-11(4-8(15)16)1-2-12(5-9(17)18)6-10(19)20;;;/h1-6H2,(H,13,14)(H,15,16)(H,17,18)(H,19,20);;;. The molecule has 0 aromatic rings. The second kappa shape index (κ2) is 17.6. The third-order valence-electron chi connectivity index (χ3n) is 2.17. The van der Waals surface area contributed by atoms with E-state index in [0.29, 0.717) is 0 Å². The first-order valence-corrected chi connectivity index (χ1v) is 5.52. The van der Waals surface area contributed by atoms with E-state index in [1.54, 1.807) is 0 Å². The third-order valence-corrected chi connectivity index (χ3v) is 2.17. The molecule has 0 heterocycles. The van der Waals surface area contributed by atoms with Crippen molar-refractivity contribution in [1.82, 2.24) is 9.80 Å². The number of carbonyl (C=O) groups is 4. The van der Waals surface area contributed by atoms with E-state index in [4.69, 9.17) is 20.4 Å². The minimum atomic E-state index is -1.23. The maximum atomic E-state index is 10.6. The molecule has 0 aromatic carbocycles. The van der Waals surface area contributed by atoms with Gasteiger partial charge >= 0.3 is 23.9 Å². The van der Waals surface area contributed by atoms with Crippen LogP contribution in [0.5, 0.6) is 0 Å². The first-order chi connectivity index (χ1) is 9.20. The molecule has 117 valence electrons. The smallest absolute Gasteiger partial charge is 0.317 e. The SMILES string of the molecule is O=C(O)CN(CCN(CC(=O)O)CC(=O)O)CC(=O)O.[Na].[Na].[Na]. The Balaban J connectivity index is -0.000000602. The molecule has 0 rings (SSSR count). The third kappa shape index (κ3) is 20.8. The van der Waals surface area contributed by atoms with Gasteiger partial charge in [-0.25, -0.2) is 0 Å². The van der Waals surface area contributed by atoms with Gasteiger partial charge < -0.3 is 20.4 Å². The first-order valence-electron chi connectivity index (χ1n) is 5.52. The zero-order valence-corrected chi connectivity index (χ0v) is 19.6. The average molecular weight is 361 g/mol. The Morgan fingerprint density at radius 3 is 0.826 bits per heavy atom. The van der Waals surface area contributed by atoms with Gasteiger partial charge in [-0.1, -0.05) is 0 Å². The van der Waals surface area contributed by atoms with Crippen LogP contribution in [-0.4, -0.2) is 182 Å². The van der Waals surface area contributed by atoms with Gasteiger partial charge in [0.25, 0.3) is 0 Å². The molecule has 0 aliphatic carbocycles. The molecular formula is C10H16N2Na3O8. The van der Waals surface area contributed by atoms with E-state index in [2.05, 4.69) is 0 Å². The summed E-state index contributed by atoms with van der Waals surface area (Å²) in [7, 11) is 0.